The largest absolute Gasteiger partial charge is 0.476 e. The van der Waals surface area contributed by atoms with Crippen LogP contribution in [0.3, 0.4) is 0 Å². The van der Waals surface area contributed by atoms with Crippen molar-refractivity contribution in [3.05, 3.63) is 59.5 Å². The van der Waals surface area contributed by atoms with Gasteiger partial charge in [0.1, 0.15) is 5.75 Å². The van der Waals surface area contributed by atoms with E-state index in [4.69, 9.17) is 9.84 Å². The highest BCUT2D eigenvalue weighted by Gasteiger charge is 2.16. The van der Waals surface area contributed by atoms with Crippen molar-refractivity contribution in [3.63, 3.8) is 0 Å². The minimum absolute atomic E-state index is 0.144. The molecule has 0 radical (unpaired) electrons. The molecule has 122 valence electrons. The molecule has 1 aromatic heterocycles. The van der Waals surface area contributed by atoms with E-state index in [1.54, 1.807) is 0 Å². The first kappa shape index (κ1) is 15.5. The van der Waals surface area contributed by atoms with Crippen LogP contribution in [0.25, 0.3) is 11.1 Å². The average Bonchev–Trinajstić information content (AvgIpc) is 3.01. The fourth-order valence-corrected chi connectivity index (χ4v) is 1.98. The number of hydrogen-bond acceptors (Lipinski definition) is 4. The maximum Gasteiger partial charge on any atom is 0.359 e. The van der Waals surface area contributed by atoms with Crippen LogP contribution in [0.2, 0.25) is 0 Å². The number of benzene rings is 2. The van der Waals surface area contributed by atoms with Gasteiger partial charge in [0, 0.05) is 0 Å². The zero-order valence-electron chi connectivity index (χ0n) is 11.8. The van der Waals surface area contributed by atoms with Gasteiger partial charge in [-0.25, -0.2) is 23.1 Å². The van der Waals surface area contributed by atoms with Crippen LogP contribution < -0.4 is 4.74 Å². The second-order valence-electron chi connectivity index (χ2n) is 4.68. The van der Waals surface area contributed by atoms with E-state index < -0.39 is 23.4 Å². The Bertz CT molecular complexity index is 887. The summed E-state index contributed by atoms with van der Waals surface area (Å²) in [6, 6.07) is 7.57. The predicted octanol–water partition coefficient (Wildman–Crippen LogP) is 3.38. The quantitative estimate of drug-likeness (QED) is 0.714. The number of aromatic carboxylic acids is 1. The van der Waals surface area contributed by atoms with Crippen molar-refractivity contribution in [1.29, 1.82) is 0 Å². The molecule has 0 saturated heterocycles. The zero-order valence-corrected chi connectivity index (χ0v) is 11.8. The summed E-state index contributed by atoms with van der Waals surface area (Å²) in [5.41, 5.74) is 0.242. The van der Waals surface area contributed by atoms with Gasteiger partial charge in [-0.3, -0.25) is 0 Å². The topological polar surface area (TPSA) is 88.1 Å². The molecule has 0 aliphatic carbocycles. The summed E-state index contributed by atoms with van der Waals surface area (Å²) in [5.74, 6) is -5.40. The Morgan fingerprint density at radius 1 is 1.04 bits per heavy atom. The number of carboxylic acid groups (broad SMARTS) is 1. The van der Waals surface area contributed by atoms with Crippen LogP contribution in [0.1, 0.15) is 10.5 Å². The summed E-state index contributed by atoms with van der Waals surface area (Å²) < 4.78 is 44.8. The molecule has 0 fully saturated rings. The number of rotatable bonds is 4. The molecule has 1 heterocycles. The first-order valence-electron chi connectivity index (χ1n) is 6.53. The molecule has 0 aliphatic heterocycles. The molecular weight excluding hydrogens is 327 g/mol. The smallest absolute Gasteiger partial charge is 0.359 e. The van der Waals surface area contributed by atoms with Gasteiger partial charge < -0.3 is 9.84 Å². The molecule has 2 aromatic carbocycles. The number of aromatic nitrogens is 3. The SMILES string of the molecule is O=C(O)c1[nH]nnc1Oc1ccc(-c2cc(F)c(F)c(F)c2)cc1. The van der Waals surface area contributed by atoms with E-state index >= 15 is 0 Å². The predicted molar refractivity (Wildman–Crippen MR) is 75.2 cm³/mol. The Balaban J connectivity index is 1.86. The minimum atomic E-state index is -1.54. The number of H-pyrrole nitrogens is 1. The van der Waals surface area contributed by atoms with Gasteiger partial charge in [0.15, 0.2) is 17.5 Å². The molecule has 0 atom stereocenters. The normalized spacial score (nSPS) is 10.6. The Morgan fingerprint density at radius 2 is 1.67 bits per heavy atom. The summed E-state index contributed by atoms with van der Waals surface area (Å²) in [6.07, 6.45) is 0. The van der Waals surface area contributed by atoms with Crippen molar-refractivity contribution in [2.75, 3.05) is 0 Å². The number of carboxylic acids is 1. The van der Waals surface area contributed by atoms with Gasteiger partial charge in [0.2, 0.25) is 5.69 Å². The highest BCUT2D eigenvalue weighted by Crippen LogP contribution is 2.27. The molecule has 0 saturated carbocycles. The fraction of sp³-hybridized carbons (Fsp3) is 0. The lowest BCUT2D eigenvalue weighted by molar-refractivity contribution is 0.0687. The third-order valence-electron chi connectivity index (χ3n) is 3.12. The molecular formula is C15H8F3N3O3. The second kappa shape index (κ2) is 6.03. The van der Waals surface area contributed by atoms with E-state index in [2.05, 4.69) is 15.4 Å². The maximum atomic E-state index is 13.3. The van der Waals surface area contributed by atoms with Gasteiger partial charge in [-0.15, -0.1) is 0 Å². The number of carbonyl (C=O) groups is 1. The van der Waals surface area contributed by atoms with Gasteiger partial charge in [-0.2, -0.15) is 0 Å². The Kier molecular flexibility index (Phi) is 3.90. The lowest BCUT2D eigenvalue weighted by Crippen LogP contribution is -1.99. The van der Waals surface area contributed by atoms with Gasteiger partial charge in [-0.05, 0) is 35.4 Å². The molecule has 0 bridgehead atoms. The number of nitrogens with zero attached hydrogens (tertiary/aromatic N) is 2. The Morgan fingerprint density at radius 3 is 2.25 bits per heavy atom. The van der Waals surface area contributed by atoms with Crippen LogP contribution in [0.4, 0.5) is 13.2 Å². The monoisotopic (exact) mass is 335 g/mol. The first-order valence-corrected chi connectivity index (χ1v) is 6.53. The third-order valence-corrected chi connectivity index (χ3v) is 3.12. The van der Waals surface area contributed by atoms with Gasteiger partial charge in [0.25, 0.3) is 5.88 Å². The van der Waals surface area contributed by atoms with E-state index in [0.29, 0.717) is 5.56 Å². The van der Waals surface area contributed by atoms with Crippen molar-refractivity contribution >= 4 is 5.97 Å². The Hall–Kier alpha value is -3.36. The van der Waals surface area contributed by atoms with E-state index in [-0.39, 0.29) is 22.9 Å². The van der Waals surface area contributed by atoms with E-state index in [1.807, 2.05) is 0 Å². The molecule has 3 rings (SSSR count). The standard InChI is InChI=1S/C15H8F3N3O3/c16-10-5-8(6-11(17)12(10)18)7-1-3-9(4-2-7)24-14-13(15(22)23)19-21-20-14/h1-6H,(H,22,23)(H,19,20,21). The average molecular weight is 335 g/mol. The number of aromatic amines is 1. The number of halogens is 3. The fourth-order valence-electron chi connectivity index (χ4n) is 1.98. The second-order valence-corrected chi connectivity index (χ2v) is 4.68. The summed E-state index contributed by atoms with van der Waals surface area (Å²) >= 11 is 0. The molecule has 0 amide bonds. The summed E-state index contributed by atoms with van der Waals surface area (Å²) in [7, 11) is 0. The number of ether oxygens (including phenoxy) is 1. The Labute approximate surface area is 132 Å². The number of nitrogens with one attached hydrogen (secondary N) is 1. The van der Waals surface area contributed by atoms with Crippen molar-refractivity contribution in [2.24, 2.45) is 0 Å². The highest BCUT2D eigenvalue weighted by molar-refractivity contribution is 5.87. The molecule has 2 N–H and O–H groups in total. The molecule has 3 aromatic rings. The van der Waals surface area contributed by atoms with E-state index in [0.717, 1.165) is 12.1 Å². The van der Waals surface area contributed by atoms with Crippen LogP contribution in [-0.4, -0.2) is 26.5 Å². The van der Waals surface area contributed by atoms with Crippen LogP contribution >= 0.6 is 0 Å². The van der Waals surface area contributed by atoms with E-state index in [1.165, 1.54) is 24.3 Å². The highest BCUT2D eigenvalue weighted by atomic mass is 19.2. The third kappa shape index (κ3) is 2.91. The summed E-state index contributed by atoms with van der Waals surface area (Å²) in [6.45, 7) is 0. The number of hydrogen-bond donors (Lipinski definition) is 2. The zero-order chi connectivity index (χ0) is 17.3. The maximum absolute atomic E-state index is 13.3. The van der Waals surface area contributed by atoms with Crippen molar-refractivity contribution < 1.29 is 27.8 Å². The molecule has 0 unspecified atom stereocenters. The van der Waals surface area contributed by atoms with Crippen LogP contribution in [0.5, 0.6) is 11.6 Å². The van der Waals surface area contributed by atoms with Gasteiger partial charge >= 0.3 is 5.97 Å². The van der Waals surface area contributed by atoms with Crippen molar-refractivity contribution in [1.82, 2.24) is 15.4 Å². The van der Waals surface area contributed by atoms with Crippen molar-refractivity contribution in [2.45, 2.75) is 0 Å². The van der Waals surface area contributed by atoms with Crippen LogP contribution in [0, 0.1) is 17.5 Å². The van der Waals surface area contributed by atoms with Gasteiger partial charge in [-0.1, -0.05) is 22.4 Å². The molecule has 24 heavy (non-hydrogen) atoms. The van der Waals surface area contributed by atoms with E-state index in [9.17, 15) is 18.0 Å². The van der Waals surface area contributed by atoms with Crippen molar-refractivity contribution in [3.8, 4) is 22.8 Å². The molecule has 0 aliphatic rings. The molecule has 6 nitrogen and oxygen atoms in total. The first-order chi connectivity index (χ1) is 11.5. The molecule has 0 spiro atoms. The lowest BCUT2D eigenvalue weighted by atomic mass is 10.1. The summed E-state index contributed by atoms with van der Waals surface area (Å²) in [4.78, 5) is 10.9. The van der Waals surface area contributed by atoms with Crippen LogP contribution in [-0.2, 0) is 0 Å². The van der Waals surface area contributed by atoms with Gasteiger partial charge in [0.05, 0.1) is 0 Å². The minimum Gasteiger partial charge on any atom is -0.476 e. The van der Waals surface area contributed by atoms with Crippen LogP contribution in [0.15, 0.2) is 36.4 Å². The summed E-state index contributed by atoms with van der Waals surface area (Å²) in [5, 5.41) is 17.9. The lowest BCUT2D eigenvalue weighted by Gasteiger charge is -2.06. The molecule has 9 heteroatoms.